The van der Waals surface area contributed by atoms with Crippen molar-refractivity contribution >= 4 is 17.3 Å². The molecule has 0 radical (unpaired) electrons. The minimum Gasteiger partial charge on any atom is -0.376 e. The van der Waals surface area contributed by atoms with Gasteiger partial charge in [-0.3, -0.25) is 4.79 Å². The molecule has 3 nitrogen and oxygen atoms in total. The first-order valence-corrected chi connectivity index (χ1v) is 7.84. The Kier molecular flexibility index (Phi) is 4.14. The van der Waals surface area contributed by atoms with Gasteiger partial charge in [-0.15, -0.1) is 0 Å². The summed E-state index contributed by atoms with van der Waals surface area (Å²) in [6.45, 7) is 5.28. The van der Waals surface area contributed by atoms with Gasteiger partial charge in [-0.2, -0.15) is 0 Å². The number of fused-ring (bicyclic) bond motifs is 1. The number of rotatable bonds is 3. The first-order chi connectivity index (χ1) is 10.6. The van der Waals surface area contributed by atoms with Crippen molar-refractivity contribution in [2.75, 3.05) is 23.3 Å². The Bertz CT molecular complexity index is 694. The summed E-state index contributed by atoms with van der Waals surface area (Å²) in [5.41, 5.74) is 5.78. The number of amides is 1. The second kappa shape index (κ2) is 6.22. The van der Waals surface area contributed by atoms with Crippen LogP contribution < -0.4 is 10.2 Å². The zero-order chi connectivity index (χ0) is 15.5. The molecule has 1 heterocycles. The summed E-state index contributed by atoms with van der Waals surface area (Å²) in [7, 11) is 0. The van der Waals surface area contributed by atoms with Crippen LogP contribution in [0.5, 0.6) is 0 Å². The molecule has 1 aliphatic heterocycles. The Morgan fingerprint density at radius 2 is 2.00 bits per heavy atom. The molecule has 0 saturated heterocycles. The number of para-hydroxylation sites is 1. The Hall–Kier alpha value is -2.29. The zero-order valence-corrected chi connectivity index (χ0v) is 13.2. The van der Waals surface area contributed by atoms with Crippen molar-refractivity contribution < 1.29 is 4.79 Å². The molecule has 0 atom stereocenters. The maximum absolute atomic E-state index is 12.6. The predicted molar refractivity (Wildman–Crippen MR) is 91.5 cm³/mol. The van der Waals surface area contributed by atoms with Crippen molar-refractivity contribution in [2.45, 2.75) is 26.7 Å². The van der Waals surface area contributed by atoms with Crippen LogP contribution in [-0.4, -0.2) is 19.0 Å². The largest absolute Gasteiger partial charge is 0.376 e. The molecule has 1 N–H and O–H groups in total. The summed E-state index contributed by atoms with van der Waals surface area (Å²) in [6.07, 6.45) is 2.09. The third kappa shape index (κ3) is 2.98. The molecule has 0 spiro atoms. The smallest absolute Gasteiger partial charge is 0.246 e. The highest BCUT2D eigenvalue weighted by molar-refractivity contribution is 5.97. The molecule has 114 valence electrons. The van der Waals surface area contributed by atoms with Crippen molar-refractivity contribution in [3.05, 3.63) is 59.2 Å². The number of anilines is 2. The van der Waals surface area contributed by atoms with E-state index in [-0.39, 0.29) is 5.91 Å². The number of carbonyl (C=O) groups excluding carboxylic acids is 1. The first-order valence-electron chi connectivity index (χ1n) is 7.84. The lowest BCUT2D eigenvalue weighted by Gasteiger charge is -2.29. The fourth-order valence-corrected chi connectivity index (χ4v) is 3.07. The van der Waals surface area contributed by atoms with Gasteiger partial charge in [0.2, 0.25) is 5.91 Å². The highest BCUT2D eigenvalue weighted by atomic mass is 16.2. The second-order valence-electron chi connectivity index (χ2n) is 5.95. The van der Waals surface area contributed by atoms with Crippen LogP contribution >= 0.6 is 0 Å². The van der Waals surface area contributed by atoms with Crippen molar-refractivity contribution in [2.24, 2.45) is 0 Å². The Morgan fingerprint density at radius 3 is 2.82 bits per heavy atom. The molecule has 1 amide bonds. The average Bonchev–Trinajstić information content (AvgIpc) is 2.53. The van der Waals surface area contributed by atoms with Gasteiger partial charge >= 0.3 is 0 Å². The summed E-state index contributed by atoms with van der Waals surface area (Å²) < 4.78 is 0. The molecular formula is C19H22N2O. The molecular weight excluding hydrogens is 272 g/mol. The lowest BCUT2D eigenvalue weighted by molar-refractivity contribution is -0.117. The van der Waals surface area contributed by atoms with E-state index in [0.717, 1.165) is 30.8 Å². The van der Waals surface area contributed by atoms with E-state index in [4.69, 9.17) is 0 Å². The molecule has 0 aromatic heterocycles. The third-order valence-electron chi connectivity index (χ3n) is 4.22. The van der Waals surface area contributed by atoms with Gasteiger partial charge in [-0.05, 0) is 49.9 Å². The minimum absolute atomic E-state index is 0.132. The second-order valence-corrected chi connectivity index (χ2v) is 5.95. The minimum atomic E-state index is 0.132. The number of hydrogen-bond acceptors (Lipinski definition) is 2. The van der Waals surface area contributed by atoms with Crippen molar-refractivity contribution in [3.8, 4) is 0 Å². The van der Waals surface area contributed by atoms with Crippen LogP contribution in [0, 0.1) is 13.8 Å². The van der Waals surface area contributed by atoms with Gasteiger partial charge in [0.1, 0.15) is 0 Å². The fraction of sp³-hybridized carbons (Fsp3) is 0.316. The standard InChI is InChI=1S/C19H22N2O/c1-14-9-10-17(15(2)12-14)20-13-19(22)21-11-5-7-16-6-3-4-8-18(16)21/h3-4,6,8-10,12,20H,5,7,11,13H2,1-2H3. The monoisotopic (exact) mass is 294 g/mol. The van der Waals surface area contributed by atoms with E-state index in [9.17, 15) is 4.79 Å². The molecule has 2 aromatic carbocycles. The molecule has 0 bridgehead atoms. The highest BCUT2D eigenvalue weighted by Crippen LogP contribution is 2.26. The fourth-order valence-electron chi connectivity index (χ4n) is 3.07. The van der Waals surface area contributed by atoms with E-state index >= 15 is 0 Å². The number of hydrogen-bond donors (Lipinski definition) is 1. The average molecular weight is 294 g/mol. The molecule has 0 unspecified atom stereocenters. The van der Waals surface area contributed by atoms with E-state index in [1.807, 2.05) is 29.2 Å². The highest BCUT2D eigenvalue weighted by Gasteiger charge is 2.21. The summed E-state index contributed by atoms with van der Waals surface area (Å²) in [6, 6.07) is 14.4. The molecule has 1 aliphatic rings. The molecule has 0 saturated carbocycles. The maximum atomic E-state index is 12.6. The molecule has 0 fully saturated rings. The maximum Gasteiger partial charge on any atom is 0.246 e. The van der Waals surface area contributed by atoms with E-state index in [1.165, 1.54) is 16.7 Å². The number of nitrogens with one attached hydrogen (secondary N) is 1. The molecule has 0 aliphatic carbocycles. The Balaban J connectivity index is 1.70. The van der Waals surface area contributed by atoms with E-state index in [2.05, 4.69) is 37.4 Å². The lowest BCUT2D eigenvalue weighted by atomic mass is 10.0. The quantitative estimate of drug-likeness (QED) is 0.936. The summed E-state index contributed by atoms with van der Waals surface area (Å²) in [5.74, 6) is 0.132. The van der Waals surface area contributed by atoms with Gasteiger partial charge in [0.25, 0.3) is 0 Å². The lowest BCUT2D eigenvalue weighted by Crippen LogP contribution is -2.39. The Morgan fingerprint density at radius 1 is 1.18 bits per heavy atom. The normalized spacial score (nSPS) is 13.6. The number of benzene rings is 2. The van der Waals surface area contributed by atoms with Crippen LogP contribution in [0.25, 0.3) is 0 Å². The van der Waals surface area contributed by atoms with E-state index in [1.54, 1.807) is 0 Å². The van der Waals surface area contributed by atoms with Crippen LogP contribution in [0.2, 0.25) is 0 Å². The van der Waals surface area contributed by atoms with Crippen molar-refractivity contribution in [3.63, 3.8) is 0 Å². The number of nitrogens with zero attached hydrogens (tertiary/aromatic N) is 1. The van der Waals surface area contributed by atoms with E-state index < -0.39 is 0 Å². The molecule has 22 heavy (non-hydrogen) atoms. The van der Waals surface area contributed by atoms with Gasteiger partial charge in [-0.1, -0.05) is 35.9 Å². The Labute approximate surface area is 132 Å². The number of aryl methyl sites for hydroxylation is 3. The molecule has 2 aromatic rings. The summed E-state index contributed by atoms with van der Waals surface area (Å²) in [4.78, 5) is 14.5. The van der Waals surface area contributed by atoms with Crippen molar-refractivity contribution in [1.82, 2.24) is 0 Å². The van der Waals surface area contributed by atoms with Crippen LogP contribution in [0.15, 0.2) is 42.5 Å². The van der Waals surface area contributed by atoms with Gasteiger partial charge in [0.05, 0.1) is 6.54 Å². The van der Waals surface area contributed by atoms with E-state index in [0.29, 0.717) is 6.54 Å². The molecule has 3 heteroatoms. The SMILES string of the molecule is Cc1ccc(NCC(=O)N2CCCc3ccccc32)c(C)c1. The zero-order valence-electron chi connectivity index (χ0n) is 13.2. The van der Waals surface area contributed by atoms with Gasteiger partial charge in [0.15, 0.2) is 0 Å². The topological polar surface area (TPSA) is 32.3 Å². The van der Waals surface area contributed by atoms with Crippen LogP contribution in [-0.2, 0) is 11.2 Å². The predicted octanol–water partition coefficient (Wildman–Crippen LogP) is 3.69. The van der Waals surface area contributed by atoms with Gasteiger partial charge in [0, 0.05) is 17.9 Å². The first kappa shape index (κ1) is 14.6. The van der Waals surface area contributed by atoms with Crippen LogP contribution in [0.4, 0.5) is 11.4 Å². The summed E-state index contributed by atoms with van der Waals surface area (Å²) in [5, 5.41) is 3.28. The third-order valence-corrected chi connectivity index (χ3v) is 4.22. The van der Waals surface area contributed by atoms with Gasteiger partial charge in [-0.25, -0.2) is 0 Å². The number of carbonyl (C=O) groups is 1. The van der Waals surface area contributed by atoms with Gasteiger partial charge < -0.3 is 10.2 Å². The summed E-state index contributed by atoms with van der Waals surface area (Å²) >= 11 is 0. The van der Waals surface area contributed by atoms with Crippen molar-refractivity contribution in [1.29, 1.82) is 0 Å². The molecule has 3 rings (SSSR count). The van der Waals surface area contributed by atoms with Crippen LogP contribution in [0.3, 0.4) is 0 Å². The van der Waals surface area contributed by atoms with Crippen LogP contribution in [0.1, 0.15) is 23.1 Å².